The normalized spacial score (nSPS) is 12.6. The molecule has 0 unspecified atom stereocenters. The minimum Gasteiger partial charge on any atom is -0.311 e. The number of H-pyrrole nitrogens is 1. The van der Waals surface area contributed by atoms with Crippen LogP contribution in [-0.4, -0.2) is 25.0 Å². The zero-order chi connectivity index (χ0) is 14.5. The van der Waals surface area contributed by atoms with Gasteiger partial charge in [-0.3, -0.25) is 9.48 Å². The fourth-order valence-electron chi connectivity index (χ4n) is 2.23. The maximum atomic E-state index is 11.4. The van der Waals surface area contributed by atoms with Gasteiger partial charge in [0.2, 0.25) is 0 Å². The molecule has 20 heavy (non-hydrogen) atoms. The number of aryl methyl sites for hydroxylation is 3. The molecule has 0 aliphatic rings. The SMILES string of the molecule is CCC[C@H](C)c1cn(CCc2cc(=O)[nH]c(C)n2)nn1. The summed E-state index contributed by atoms with van der Waals surface area (Å²) in [4.78, 5) is 18.3. The number of aromatic amines is 1. The number of nitrogens with one attached hydrogen (secondary N) is 1. The van der Waals surface area contributed by atoms with Crippen molar-refractivity contribution in [2.75, 3.05) is 0 Å². The summed E-state index contributed by atoms with van der Waals surface area (Å²) in [5.74, 6) is 1.08. The van der Waals surface area contributed by atoms with Gasteiger partial charge in [0.15, 0.2) is 0 Å². The summed E-state index contributed by atoms with van der Waals surface area (Å²) in [6.45, 7) is 6.80. The summed E-state index contributed by atoms with van der Waals surface area (Å²) in [6, 6.07) is 1.53. The first-order valence-corrected chi connectivity index (χ1v) is 7.05. The zero-order valence-electron chi connectivity index (χ0n) is 12.3. The van der Waals surface area contributed by atoms with Crippen molar-refractivity contribution < 1.29 is 0 Å². The van der Waals surface area contributed by atoms with Crippen LogP contribution in [0.4, 0.5) is 0 Å². The van der Waals surface area contributed by atoms with Gasteiger partial charge in [0.1, 0.15) is 5.82 Å². The fraction of sp³-hybridized carbons (Fsp3) is 0.571. The van der Waals surface area contributed by atoms with Gasteiger partial charge in [0.05, 0.1) is 5.69 Å². The highest BCUT2D eigenvalue weighted by Gasteiger charge is 2.09. The number of hydrogen-bond donors (Lipinski definition) is 1. The van der Waals surface area contributed by atoms with Crippen molar-refractivity contribution >= 4 is 0 Å². The van der Waals surface area contributed by atoms with Crippen LogP contribution in [0, 0.1) is 6.92 Å². The van der Waals surface area contributed by atoms with E-state index in [0.29, 0.717) is 24.7 Å². The third kappa shape index (κ3) is 3.76. The molecular weight excluding hydrogens is 254 g/mol. The van der Waals surface area contributed by atoms with Crippen LogP contribution in [-0.2, 0) is 13.0 Å². The predicted octanol–water partition coefficient (Wildman–Crippen LogP) is 1.82. The van der Waals surface area contributed by atoms with Crippen LogP contribution >= 0.6 is 0 Å². The number of nitrogens with zero attached hydrogens (tertiary/aromatic N) is 4. The molecule has 1 N–H and O–H groups in total. The molecule has 2 heterocycles. The van der Waals surface area contributed by atoms with Gasteiger partial charge in [-0.25, -0.2) is 4.98 Å². The van der Waals surface area contributed by atoms with Crippen molar-refractivity contribution in [1.82, 2.24) is 25.0 Å². The van der Waals surface area contributed by atoms with E-state index in [1.54, 1.807) is 6.92 Å². The van der Waals surface area contributed by atoms with Crippen molar-refractivity contribution in [1.29, 1.82) is 0 Å². The van der Waals surface area contributed by atoms with Gasteiger partial charge in [-0.05, 0) is 13.3 Å². The number of rotatable bonds is 6. The lowest BCUT2D eigenvalue weighted by molar-refractivity contribution is 0.581. The first-order chi connectivity index (χ1) is 9.58. The van der Waals surface area contributed by atoms with Crippen molar-refractivity contribution in [2.24, 2.45) is 0 Å². The minimum absolute atomic E-state index is 0.108. The second-order valence-electron chi connectivity index (χ2n) is 5.17. The second-order valence-corrected chi connectivity index (χ2v) is 5.17. The number of aromatic nitrogens is 5. The summed E-state index contributed by atoms with van der Waals surface area (Å²) in [6.07, 6.45) is 4.92. The molecule has 2 aromatic heterocycles. The van der Waals surface area contributed by atoms with E-state index in [4.69, 9.17) is 0 Å². The van der Waals surface area contributed by atoms with Gasteiger partial charge in [-0.15, -0.1) is 5.10 Å². The Hall–Kier alpha value is -1.98. The van der Waals surface area contributed by atoms with Gasteiger partial charge in [0, 0.05) is 36.8 Å². The van der Waals surface area contributed by atoms with Gasteiger partial charge >= 0.3 is 0 Å². The monoisotopic (exact) mass is 275 g/mol. The topological polar surface area (TPSA) is 76.5 Å². The Morgan fingerprint density at radius 1 is 1.45 bits per heavy atom. The van der Waals surface area contributed by atoms with Gasteiger partial charge < -0.3 is 4.98 Å². The first-order valence-electron chi connectivity index (χ1n) is 7.05. The Morgan fingerprint density at radius 3 is 2.95 bits per heavy atom. The standard InChI is InChI=1S/C14H21N5O/c1-4-5-10(2)13-9-19(18-17-13)7-6-12-8-14(20)16-11(3)15-12/h8-10H,4-7H2,1-3H3,(H,15,16,20)/t10-/m0/s1. The molecule has 6 heteroatoms. The highest BCUT2D eigenvalue weighted by atomic mass is 16.1. The average Bonchev–Trinajstić information content (AvgIpc) is 2.84. The molecule has 6 nitrogen and oxygen atoms in total. The summed E-state index contributed by atoms with van der Waals surface area (Å²) in [5, 5.41) is 8.34. The Bertz CT molecular complexity index is 616. The Balaban J connectivity index is 1.99. The molecule has 2 aromatic rings. The second kappa shape index (κ2) is 6.45. The third-order valence-corrected chi connectivity index (χ3v) is 3.29. The van der Waals surface area contributed by atoms with Crippen molar-refractivity contribution in [2.45, 2.75) is 52.5 Å². The lowest BCUT2D eigenvalue weighted by atomic mass is 10.0. The van der Waals surface area contributed by atoms with E-state index in [-0.39, 0.29) is 5.56 Å². The lowest BCUT2D eigenvalue weighted by Gasteiger charge is -2.04. The quantitative estimate of drug-likeness (QED) is 0.872. The Kier molecular flexibility index (Phi) is 4.65. The lowest BCUT2D eigenvalue weighted by Crippen LogP contribution is -2.12. The molecule has 108 valence electrons. The smallest absolute Gasteiger partial charge is 0.251 e. The molecule has 0 bridgehead atoms. The molecular formula is C14H21N5O. The molecule has 0 fully saturated rings. The molecule has 0 spiro atoms. The maximum absolute atomic E-state index is 11.4. The predicted molar refractivity (Wildman–Crippen MR) is 76.6 cm³/mol. The van der Waals surface area contributed by atoms with E-state index in [0.717, 1.165) is 24.2 Å². The fourth-order valence-corrected chi connectivity index (χ4v) is 2.23. The van der Waals surface area contributed by atoms with Crippen LogP contribution < -0.4 is 5.56 Å². The van der Waals surface area contributed by atoms with E-state index in [1.165, 1.54) is 6.07 Å². The van der Waals surface area contributed by atoms with Crippen LogP contribution in [0.15, 0.2) is 17.1 Å². The van der Waals surface area contributed by atoms with Crippen molar-refractivity contribution in [3.05, 3.63) is 39.8 Å². The van der Waals surface area contributed by atoms with Crippen LogP contribution in [0.5, 0.6) is 0 Å². The van der Waals surface area contributed by atoms with Crippen LogP contribution in [0.3, 0.4) is 0 Å². The number of hydrogen-bond acceptors (Lipinski definition) is 4. The maximum Gasteiger partial charge on any atom is 0.251 e. The van der Waals surface area contributed by atoms with Gasteiger partial charge in [-0.1, -0.05) is 25.5 Å². The summed E-state index contributed by atoms with van der Waals surface area (Å²) < 4.78 is 1.82. The molecule has 0 saturated carbocycles. The third-order valence-electron chi connectivity index (χ3n) is 3.29. The summed E-state index contributed by atoms with van der Waals surface area (Å²) in [7, 11) is 0. The van der Waals surface area contributed by atoms with Gasteiger partial charge in [0.25, 0.3) is 5.56 Å². The summed E-state index contributed by atoms with van der Waals surface area (Å²) in [5.41, 5.74) is 1.70. The molecule has 0 radical (unpaired) electrons. The molecule has 0 amide bonds. The van der Waals surface area contributed by atoms with E-state index >= 15 is 0 Å². The van der Waals surface area contributed by atoms with Gasteiger partial charge in [-0.2, -0.15) is 0 Å². The van der Waals surface area contributed by atoms with Crippen molar-refractivity contribution in [3.8, 4) is 0 Å². The van der Waals surface area contributed by atoms with E-state index < -0.39 is 0 Å². The molecule has 0 aromatic carbocycles. The van der Waals surface area contributed by atoms with E-state index in [1.807, 2.05) is 10.9 Å². The Morgan fingerprint density at radius 2 is 2.25 bits per heavy atom. The molecule has 0 aliphatic heterocycles. The molecule has 2 rings (SSSR count). The summed E-state index contributed by atoms with van der Waals surface area (Å²) >= 11 is 0. The highest BCUT2D eigenvalue weighted by molar-refractivity contribution is 5.03. The van der Waals surface area contributed by atoms with Crippen LogP contribution in [0.2, 0.25) is 0 Å². The van der Waals surface area contributed by atoms with E-state index in [2.05, 4.69) is 34.1 Å². The van der Waals surface area contributed by atoms with Crippen LogP contribution in [0.1, 0.15) is 49.8 Å². The molecule has 1 atom stereocenters. The van der Waals surface area contributed by atoms with Crippen molar-refractivity contribution in [3.63, 3.8) is 0 Å². The average molecular weight is 275 g/mol. The van der Waals surface area contributed by atoms with Crippen LogP contribution in [0.25, 0.3) is 0 Å². The first kappa shape index (κ1) is 14.4. The molecule has 0 saturated heterocycles. The minimum atomic E-state index is -0.108. The largest absolute Gasteiger partial charge is 0.311 e. The Labute approximate surface area is 118 Å². The molecule has 0 aliphatic carbocycles. The van der Waals surface area contributed by atoms with E-state index in [9.17, 15) is 4.79 Å². The zero-order valence-corrected chi connectivity index (χ0v) is 12.3. The highest BCUT2D eigenvalue weighted by Crippen LogP contribution is 2.17.